The van der Waals surface area contributed by atoms with Gasteiger partial charge in [-0.1, -0.05) is 0 Å². The van der Waals surface area contributed by atoms with Crippen LogP contribution in [0.3, 0.4) is 0 Å². The second-order valence-corrected chi connectivity index (χ2v) is 9.82. The third-order valence-electron chi connectivity index (χ3n) is 5.57. The van der Waals surface area contributed by atoms with Crippen molar-refractivity contribution in [3.8, 4) is 22.6 Å². The number of rotatable bonds is 5. The molecule has 1 N–H and O–H groups in total. The van der Waals surface area contributed by atoms with E-state index >= 15 is 0 Å². The van der Waals surface area contributed by atoms with Crippen LogP contribution in [0.2, 0.25) is 0 Å². The smallest absolute Gasteiger partial charge is 0.274 e. The van der Waals surface area contributed by atoms with E-state index in [4.69, 9.17) is 4.74 Å². The van der Waals surface area contributed by atoms with Gasteiger partial charge in [0.05, 0.1) is 11.3 Å². The zero-order valence-electron chi connectivity index (χ0n) is 18.0. The van der Waals surface area contributed by atoms with Crippen LogP contribution >= 0.6 is 0 Å². The zero-order valence-corrected chi connectivity index (χ0v) is 18.9. The fraction of sp³-hybridized carbons (Fsp3) is 0.130. The number of ether oxygens (including phenoxy) is 1. The van der Waals surface area contributed by atoms with Gasteiger partial charge in [-0.3, -0.25) is 4.79 Å². The zero-order chi connectivity index (χ0) is 24.2. The van der Waals surface area contributed by atoms with E-state index in [2.05, 4.69) is 9.97 Å². The van der Waals surface area contributed by atoms with Crippen molar-refractivity contribution >= 4 is 32.0 Å². The highest BCUT2D eigenvalue weighted by molar-refractivity contribution is 7.90. The normalized spacial score (nSPS) is 12.0. The number of benzene rings is 2. The van der Waals surface area contributed by atoms with E-state index in [0.29, 0.717) is 28.1 Å². The molecule has 34 heavy (non-hydrogen) atoms. The highest BCUT2D eigenvalue weighted by atomic mass is 32.2. The van der Waals surface area contributed by atoms with Crippen LogP contribution in [-0.4, -0.2) is 32.7 Å². The first kappa shape index (κ1) is 21.8. The summed E-state index contributed by atoms with van der Waals surface area (Å²) in [5.41, 5.74) is 1.67. The van der Waals surface area contributed by atoms with Crippen LogP contribution in [-0.2, 0) is 17.1 Å². The predicted molar refractivity (Wildman–Crippen MR) is 124 cm³/mol. The number of nitrogens with one attached hydrogen (secondary N) is 1. The summed E-state index contributed by atoms with van der Waals surface area (Å²) in [6.07, 6.45) is 4.41. The Balaban J connectivity index is 1.81. The Hall–Kier alpha value is -3.99. The maximum Gasteiger partial charge on any atom is 0.274 e. The second-order valence-electron chi connectivity index (χ2n) is 7.69. The predicted octanol–water partition coefficient (Wildman–Crippen LogP) is 4.15. The number of aromatic nitrogens is 4. The number of imidazole rings is 1. The summed E-state index contributed by atoms with van der Waals surface area (Å²) in [5.74, 6) is -2.04. The molecule has 0 aliphatic heterocycles. The van der Waals surface area contributed by atoms with Crippen LogP contribution < -0.4 is 10.3 Å². The van der Waals surface area contributed by atoms with E-state index in [-0.39, 0.29) is 33.8 Å². The average Bonchev–Trinajstić information content (AvgIpc) is 3.46. The molecule has 5 rings (SSSR count). The Labute approximate surface area is 192 Å². The Kier molecular flexibility index (Phi) is 5.01. The molecule has 0 saturated heterocycles. The molecule has 0 fully saturated rings. The summed E-state index contributed by atoms with van der Waals surface area (Å²) in [4.78, 5) is 19.6. The van der Waals surface area contributed by atoms with Crippen molar-refractivity contribution < 1.29 is 21.9 Å². The molecule has 0 atom stereocenters. The van der Waals surface area contributed by atoms with Crippen LogP contribution in [0, 0.1) is 11.6 Å². The number of pyridine rings is 1. The highest BCUT2D eigenvalue weighted by Crippen LogP contribution is 2.37. The molecule has 0 amide bonds. The Morgan fingerprint density at radius 1 is 1.12 bits per heavy atom. The van der Waals surface area contributed by atoms with Crippen molar-refractivity contribution in [3.63, 3.8) is 0 Å². The molecule has 0 unspecified atom stereocenters. The van der Waals surface area contributed by atoms with E-state index in [9.17, 15) is 22.0 Å². The molecule has 8 nitrogen and oxygen atoms in total. The lowest BCUT2D eigenvalue weighted by Crippen LogP contribution is -2.16. The number of aryl methyl sites for hydroxylation is 1. The molecule has 0 spiro atoms. The molecule has 0 radical (unpaired) electrons. The summed E-state index contributed by atoms with van der Waals surface area (Å²) in [5, 5.41) is 0.616. The number of hydrogen-bond acceptors (Lipinski definition) is 5. The molecule has 0 bridgehead atoms. The molecular weight excluding hydrogens is 466 g/mol. The fourth-order valence-electron chi connectivity index (χ4n) is 3.83. The van der Waals surface area contributed by atoms with Crippen molar-refractivity contribution in [1.29, 1.82) is 0 Å². The van der Waals surface area contributed by atoms with Crippen LogP contribution in [0.25, 0.3) is 33.1 Å². The van der Waals surface area contributed by atoms with Gasteiger partial charge in [0, 0.05) is 36.5 Å². The largest absolute Gasteiger partial charge is 0.452 e. The molecule has 0 saturated carbocycles. The van der Waals surface area contributed by atoms with Crippen LogP contribution in [0.15, 0.2) is 59.9 Å². The van der Waals surface area contributed by atoms with Gasteiger partial charge in [0.2, 0.25) is 10.0 Å². The van der Waals surface area contributed by atoms with Crippen LogP contribution in [0.1, 0.15) is 6.92 Å². The van der Waals surface area contributed by atoms with Crippen molar-refractivity contribution in [2.24, 2.45) is 7.05 Å². The standard InChI is InChI=1S/C23H18F2N4O4S/c1-3-34(31,32)29-12-27-22-18(29)8-13(9-20(22)33-19-5-4-14(24)10-17(19)25)16-11-28(2)23(30)21-15(16)6-7-26-21/h4-12,26H,3H2,1-2H3. The van der Waals surface area contributed by atoms with Gasteiger partial charge in [-0.2, -0.15) is 0 Å². The van der Waals surface area contributed by atoms with Crippen LogP contribution in [0.5, 0.6) is 11.5 Å². The minimum atomic E-state index is -3.72. The number of H-pyrrole nitrogens is 1. The molecule has 0 aliphatic rings. The summed E-state index contributed by atoms with van der Waals surface area (Å²) in [7, 11) is -2.12. The van der Waals surface area contributed by atoms with Gasteiger partial charge < -0.3 is 14.3 Å². The average molecular weight is 484 g/mol. The molecule has 5 aromatic rings. The number of nitrogens with zero attached hydrogens (tertiary/aromatic N) is 3. The Morgan fingerprint density at radius 3 is 2.65 bits per heavy atom. The van der Waals surface area contributed by atoms with Gasteiger partial charge in [0.25, 0.3) is 5.56 Å². The minimum absolute atomic E-state index is 0.0700. The Morgan fingerprint density at radius 2 is 1.91 bits per heavy atom. The summed E-state index contributed by atoms with van der Waals surface area (Å²) in [6, 6.07) is 7.81. The van der Waals surface area contributed by atoms with E-state index < -0.39 is 21.7 Å². The molecule has 3 heterocycles. The number of aromatic amines is 1. The molecule has 11 heteroatoms. The maximum atomic E-state index is 14.3. The number of halogens is 2. The lowest BCUT2D eigenvalue weighted by atomic mass is 10.0. The third kappa shape index (κ3) is 3.45. The van der Waals surface area contributed by atoms with E-state index in [0.717, 1.165) is 22.4 Å². The van der Waals surface area contributed by atoms with Gasteiger partial charge in [0.15, 0.2) is 17.3 Å². The first-order valence-electron chi connectivity index (χ1n) is 10.2. The van der Waals surface area contributed by atoms with Gasteiger partial charge in [-0.25, -0.2) is 26.2 Å². The van der Waals surface area contributed by atoms with Gasteiger partial charge in [-0.05, 0) is 42.8 Å². The van der Waals surface area contributed by atoms with Gasteiger partial charge in [0.1, 0.15) is 23.2 Å². The molecule has 174 valence electrons. The molecular formula is C23H18F2N4O4S. The van der Waals surface area contributed by atoms with E-state index in [1.54, 1.807) is 37.6 Å². The quantitative estimate of drug-likeness (QED) is 0.404. The monoisotopic (exact) mass is 484 g/mol. The second kappa shape index (κ2) is 7.80. The van der Waals surface area contributed by atoms with E-state index in [1.807, 2.05) is 0 Å². The maximum absolute atomic E-state index is 14.3. The van der Waals surface area contributed by atoms with Crippen molar-refractivity contribution in [2.75, 3.05) is 5.75 Å². The first-order chi connectivity index (χ1) is 16.2. The summed E-state index contributed by atoms with van der Waals surface area (Å²) in [6.45, 7) is 1.51. The number of fused-ring (bicyclic) bond motifs is 2. The molecule has 3 aromatic heterocycles. The SMILES string of the molecule is CCS(=O)(=O)n1cnc2c(Oc3ccc(F)cc3F)cc(-c3cn(C)c(=O)c4[nH]ccc34)cc21. The van der Waals surface area contributed by atoms with Crippen molar-refractivity contribution in [3.05, 3.63) is 77.1 Å². The van der Waals surface area contributed by atoms with Gasteiger partial charge in [-0.15, -0.1) is 0 Å². The van der Waals surface area contributed by atoms with Gasteiger partial charge >= 0.3 is 0 Å². The lowest BCUT2D eigenvalue weighted by molar-refractivity contribution is 0.441. The topological polar surface area (TPSA) is 99.0 Å². The number of hydrogen-bond donors (Lipinski definition) is 1. The Bertz CT molecular complexity index is 1750. The fourth-order valence-corrected chi connectivity index (χ4v) is 4.74. The summed E-state index contributed by atoms with van der Waals surface area (Å²) < 4.78 is 61.3. The highest BCUT2D eigenvalue weighted by Gasteiger charge is 2.21. The lowest BCUT2D eigenvalue weighted by Gasteiger charge is -2.13. The van der Waals surface area contributed by atoms with Crippen LogP contribution in [0.4, 0.5) is 8.78 Å². The summed E-state index contributed by atoms with van der Waals surface area (Å²) >= 11 is 0. The van der Waals surface area contributed by atoms with Crippen molar-refractivity contribution in [1.82, 2.24) is 18.5 Å². The minimum Gasteiger partial charge on any atom is -0.452 e. The molecule has 0 aliphatic carbocycles. The molecule has 2 aromatic carbocycles. The van der Waals surface area contributed by atoms with E-state index in [1.165, 1.54) is 11.5 Å². The first-order valence-corrected chi connectivity index (χ1v) is 11.8. The van der Waals surface area contributed by atoms with Crippen molar-refractivity contribution in [2.45, 2.75) is 6.92 Å². The third-order valence-corrected chi connectivity index (χ3v) is 7.19.